The molecule has 0 aromatic heterocycles. The Labute approximate surface area is 154 Å². The second kappa shape index (κ2) is 8.77. The van der Waals surface area contributed by atoms with E-state index in [-0.39, 0.29) is 5.69 Å². The average Bonchev–Trinajstić information content (AvgIpc) is 2.60. The molecule has 1 amide bonds. The Bertz CT molecular complexity index is 866. The van der Waals surface area contributed by atoms with E-state index in [9.17, 15) is 19.7 Å². The first kappa shape index (κ1) is 19.1. The molecule has 7 nitrogen and oxygen atoms in total. The van der Waals surface area contributed by atoms with Crippen molar-refractivity contribution in [1.82, 2.24) is 0 Å². The lowest BCUT2D eigenvalue weighted by atomic mass is 10.2. The highest BCUT2D eigenvalue weighted by Crippen LogP contribution is 2.16. The summed E-state index contributed by atoms with van der Waals surface area (Å²) in [6.07, 6.45) is 1.44. The van der Waals surface area contributed by atoms with Crippen LogP contribution in [0, 0.1) is 10.1 Å². The third-order valence-electron chi connectivity index (χ3n) is 3.25. The lowest BCUT2D eigenvalue weighted by Crippen LogP contribution is -2.29. The summed E-state index contributed by atoms with van der Waals surface area (Å²) in [5.41, 5.74) is 0.861. The summed E-state index contributed by atoms with van der Waals surface area (Å²) in [6.45, 7) is 1.43. The summed E-state index contributed by atoms with van der Waals surface area (Å²) in [6, 6.07) is 12.3. The number of benzene rings is 2. The summed E-state index contributed by atoms with van der Waals surface area (Å²) in [4.78, 5) is 34.0. The number of non-ortho nitro benzene ring substituents is 1. The fourth-order valence-electron chi connectivity index (χ4n) is 1.98. The van der Waals surface area contributed by atoms with E-state index in [1.165, 1.54) is 31.2 Å². The van der Waals surface area contributed by atoms with Gasteiger partial charge in [0.1, 0.15) is 0 Å². The van der Waals surface area contributed by atoms with Gasteiger partial charge in [-0.2, -0.15) is 0 Å². The molecule has 0 fully saturated rings. The maximum Gasteiger partial charge on any atom is 0.331 e. The van der Waals surface area contributed by atoms with Gasteiger partial charge in [-0.05, 0) is 36.8 Å². The lowest BCUT2D eigenvalue weighted by Gasteiger charge is -2.12. The number of esters is 1. The van der Waals surface area contributed by atoms with Crippen LogP contribution in [0.15, 0.2) is 54.6 Å². The van der Waals surface area contributed by atoms with E-state index in [0.717, 1.165) is 6.08 Å². The van der Waals surface area contributed by atoms with Crippen LogP contribution in [0.2, 0.25) is 5.02 Å². The summed E-state index contributed by atoms with van der Waals surface area (Å²) in [5, 5.41) is 13.8. The number of hydrogen-bond acceptors (Lipinski definition) is 5. The van der Waals surface area contributed by atoms with Gasteiger partial charge in [0.25, 0.3) is 11.6 Å². The number of carbonyl (C=O) groups excluding carboxylic acids is 2. The van der Waals surface area contributed by atoms with Gasteiger partial charge in [-0.25, -0.2) is 4.79 Å². The maximum absolute atomic E-state index is 12.0. The van der Waals surface area contributed by atoms with E-state index in [1.807, 2.05) is 0 Å². The SMILES string of the molecule is C[C@@H](OC(=O)C=Cc1cccc([N+](=O)[O-])c1)C(=O)Nc1cccc(Cl)c1. The molecular formula is C18H15ClN2O5. The van der Waals surface area contributed by atoms with Gasteiger partial charge in [-0.3, -0.25) is 14.9 Å². The van der Waals surface area contributed by atoms with Gasteiger partial charge < -0.3 is 10.1 Å². The number of rotatable bonds is 6. The zero-order valence-corrected chi connectivity index (χ0v) is 14.5. The van der Waals surface area contributed by atoms with Crippen molar-refractivity contribution >= 4 is 40.9 Å². The number of nitro benzene ring substituents is 1. The van der Waals surface area contributed by atoms with Crippen molar-refractivity contribution in [2.24, 2.45) is 0 Å². The first-order chi connectivity index (χ1) is 12.3. The van der Waals surface area contributed by atoms with Gasteiger partial charge in [0.2, 0.25) is 0 Å². The van der Waals surface area contributed by atoms with Gasteiger partial charge in [-0.1, -0.05) is 29.8 Å². The van der Waals surface area contributed by atoms with Crippen LogP contribution in [0.3, 0.4) is 0 Å². The number of amides is 1. The quantitative estimate of drug-likeness (QED) is 0.358. The Kier molecular flexibility index (Phi) is 6.46. The number of nitro groups is 1. The molecule has 2 rings (SSSR count). The topological polar surface area (TPSA) is 98.5 Å². The van der Waals surface area contributed by atoms with Crippen molar-refractivity contribution in [3.8, 4) is 0 Å². The highest BCUT2D eigenvalue weighted by molar-refractivity contribution is 6.30. The number of hydrogen-bond donors (Lipinski definition) is 1. The van der Waals surface area contributed by atoms with Crippen molar-refractivity contribution in [3.63, 3.8) is 0 Å². The molecule has 1 atom stereocenters. The molecule has 0 saturated carbocycles. The molecule has 134 valence electrons. The lowest BCUT2D eigenvalue weighted by molar-refractivity contribution is -0.384. The van der Waals surface area contributed by atoms with E-state index in [4.69, 9.17) is 16.3 Å². The van der Waals surface area contributed by atoms with Gasteiger partial charge in [0.05, 0.1) is 4.92 Å². The van der Waals surface area contributed by atoms with E-state index in [1.54, 1.807) is 30.3 Å². The summed E-state index contributed by atoms with van der Waals surface area (Å²) >= 11 is 5.83. The molecular weight excluding hydrogens is 360 g/mol. The fraction of sp³-hybridized carbons (Fsp3) is 0.111. The van der Waals surface area contributed by atoms with Crippen LogP contribution in [0.5, 0.6) is 0 Å². The molecule has 2 aromatic carbocycles. The largest absolute Gasteiger partial charge is 0.449 e. The van der Waals surface area contributed by atoms with Crippen LogP contribution < -0.4 is 5.32 Å². The predicted molar refractivity (Wildman–Crippen MR) is 97.8 cm³/mol. The summed E-state index contributed by atoms with van der Waals surface area (Å²) < 4.78 is 5.01. The molecule has 2 aromatic rings. The van der Waals surface area contributed by atoms with Crippen LogP contribution >= 0.6 is 11.6 Å². The Morgan fingerprint density at radius 2 is 1.96 bits per heavy atom. The molecule has 0 radical (unpaired) electrons. The van der Waals surface area contributed by atoms with E-state index < -0.39 is 22.9 Å². The number of carbonyl (C=O) groups is 2. The zero-order valence-electron chi connectivity index (χ0n) is 13.7. The first-order valence-electron chi connectivity index (χ1n) is 7.55. The number of nitrogens with zero attached hydrogens (tertiary/aromatic N) is 1. The van der Waals surface area contributed by atoms with E-state index >= 15 is 0 Å². The third kappa shape index (κ3) is 5.71. The molecule has 26 heavy (non-hydrogen) atoms. The minimum atomic E-state index is -1.03. The molecule has 0 aliphatic carbocycles. The second-order valence-electron chi connectivity index (χ2n) is 5.26. The summed E-state index contributed by atoms with van der Waals surface area (Å²) in [7, 11) is 0. The molecule has 0 unspecified atom stereocenters. The van der Waals surface area contributed by atoms with Crippen molar-refractivity contribution in [2.75, 3.05) is 5.32 Å². The fourth-order valence-corrected chi connectivity index (χ4v) is 2.17. The Morgan fingerprint density at radius 1 is 1.23 bits per heavy atom. The molecule has 1 N–H and O–H groups in total. The Balaban J connectivity index is 1.93. The van der Waals surface area contributed by atoms with Crippen LogP contribution in [0.1, 0.15) is 12.5 Å². The van der Waals surface area contributed by atoms with Crippen molar-refractivity contribution < 1.29 is 19.2 Å². The minimum absolute atomic E-state index is 0.0882. The number of ether oxygens (including phenoxy) is 1. The molecule has 8 heteroatoms. The van der Waals surface area contributed by atoms with Crippen LogP contribution in [0.25, 0.3) is 6.08 Å². The standard InChI is InChI=1S/C18H15ClN2O5/c1-12(18(23)20-15-6-3-5-14(19)11-15)26-17(22)9-8-13-4-2-7-16(10-13)21(24)25/h2-12H,1H3,(H,20,23)/t12-/m1/s1. The average molecular weight is 375 g/mol. The minimum Gasteiger partial charge on any atom is -0.449 e. The third-order valence-corrected chi connectivity index (χ3v) is 3.48. The normalized spacial score (nSPS) is 11.8. The van der Waals surface area contributed by atoms with Gasteiger partial charge in [-0.15, -0.1) is 0 Å². The van der Waals surface area contributed by atoms with Gasteiger partial charge in [0, 0.05) is 28.9 Å². The number of halogens is 1. The summed E-state index contributed by atoms with van der Waals surface area (Å²) in [5.74, 6) is -1.25. The van der Waals surface area contributed by atoms with Crippen LogP contribution in [0.4, 0.5) is 11.4 Å². The van der Waals surface area contributed by atoms with Crippen LogP contribution in [-0.4, -0.2) is 22.9 Å². The highest BCUT2D eigenvalue weighted by Gasteiger charge is 2.16. The zero-order chi connectivity index (χ0) is 19.1. The molecule has 0 aliphatic rings. The molecule has 0 heterocycles. The smallest absolute Gasteiger partial charge is 0.331 e. The Morgan fingerprint density at radius 3 is 2.65 bits per heavy atom. The maximum atomic E-state index is 12.0. The van der Waals surface area contributed by atoms with Crippen molar-refractivity contribution in [3.05, 3.63) is 75.3 Å². The van der Waals surface area contributed by atoms with E-state index in [2.05, 4.69) is 5.32 Å². The second-order valence-corrected chi connectivity index (χ2v) is 5.70. The van der Waals surface area contributed by atoms with Gasteiger partial charge in [0.15, 0.2) is 6.10 Å². The molecule has 0 bridgehead atoms. The molecule has 0 aliphatic heterocycles. The number of nitrogens with one attached hydrogen (secondary N) is 1. The first-order valence-corrected chi connectivity index (χ1v) is 7.92. The van der Waals surface area contributed by atoms with Crippen molar-refractivity contribution in [2.45, 2.75) is 13.0 Å². The molecule has 0 spiro atoms. The predicted octanol–water partition coefficient (Wildman–Crippen LogP) is 3.83. The molecule has 0 saturated heterocycles. The Hall–Kier alpha value is -3.19. The van der Waals surface area contributed by atoms with Crippen LogP contribution in [-0.2, 0) is 14.3 Å². The van der Waals surface area contributed by atoms with Crippen molar-refractivity contribution in [1.29, 1.82) is 0 Å². The number of anilines is 1. The van der Waals surface area contributed by atoms with E-state index in [0.29, 0.717) is 16.3 Å². The monoisotopic (exact) mass is 374 g/mol. The highest BCUT2D eigenvalue weighted by atomic mass is 35.5. The van der Waals surface area contributed by atoms with Gasteiger partial charge >= 0.3 is 5.97 Å².